The summed E-state index contributed by atoms with van der Waals surface area (Å²) in [5.74, 6) is 2.10. The van der Waals surface area contributed by atoms with Gasteiger partial charge in [0, 0.05) is 17.5 Å². The van der Waals surface area contributed by atoms with Crippen LogP contribution in [-0.4, -0.2) is 27.0 Å². The van der Waals surface area contributed by atoms with E-state index >= 15 is 0 Å². The van der Waals surface area contributed by atoms with E-state index in [4.69, 9.17) is 13.8 Å². The van der Waals surface area contributed by atoms with Crippen molar-refractivity contribution in [2.75, 3.05) is 6.61 Å². The Labute approximate surface area is 131 Å². The molecular formula is C16H15N3O4. The summed E-state index contributed by atoms with van der Waals surface area (Å²) in [5, 5.41) is 17.7. The average molecular weight is 313 g/mol. The predicted octanol–water partition coefficient (Wildman–Crippen LogP) is 3.37. The third-order valence-corrected chi connectivity index (χ3v) is 3.68. The van der Waals surface area contributed by atoms with Crippen LogP contribution in [0.4, 0.5) is 0 Å². The van der Waals surface area contributed by atoms with E-state index in [0.29, 0.717) is 35.4 Å². The summed E-state index contributed by atoms with van der Waals surface area (Å²) in [7, 11) is 0. The van der Waals surface area contributed by atoms with Gasteiger partial charge in [-0.15, -0.1) is 0 Å². The molecule has 0 spiro atoms. The highest BCUT2D eigenvalue weighted by Gasteiger charge is 2.28. The van der Waals surface area contributed by atoms with Crippen molar-refractivity contribution >= 4 is 0 Å². The van der Waals surface area contributed by atoms with Gasteiger partial charge in [-0.2, -0.15) is 4.98 Å². The highest BCUT2D eigenvalue weighted by Crippen LogP contribution is 2.40. The second kappa shape index (κ2) is 5.42. The number of phenolic OH excluding ortho intramolecular Hbond substituents is 1. The van der Waals surface area contributed by atoms with Crippen molar-refractivity contribution in [3.05, 3.63) is 30.0 Å². The highest BCUT2D eigenvalue weighted by molar-refractivity contribution is 5.62. The molecule has 1 N–H and O–H groups in total. The van der Waals surface area contributed by atoms with Crippen molar-refractivity contribution < 1.29 is 18.9 Å². The van der Waals surface area contributed by atoms with Crippen LogP contribution < -0.4 is 4.74 Å². The summed E-state index contributed by atoms with van der Waals surface area (Å²) in [4.78, 5) is 4.33. The number of nitrogens with zero attached hydrogens (tertiary/aromatic N) is 3. The summed E-state index contributed by atoms with van der Waals surface area (Å²) < 4.78 is 15.9. The molecule has 0 unspecified atom stereocenters. The summed E-state index contributed by atoms with van der Waals surface area (Å²) in [6, 6.07) is 6.75. The number of hydrogen-bond acceptors (Lipinski definition) is 7. The molecule has 7 heteroatoms. The minimum Gasteiger partial charge on any atom is -0.504 e. The standard InChI is InChI=1S/C16H15N3O4/c1-2-21-13-7-10(5-6-12(13)20)15-17-16(23-19-15)14-8-11(18-22-14)9-3-4-9/h5-9,20H,2-4H2,1H3. The second-order valence-electron chi connectivity index (χ2n) is 5.43. The topological polar surface area (TPSA) is 94.4 Å². The number of aromatic nitrogens is 3. The zero-order valence-corrected chi connectivity index (χ0v) is 12.5. The first-order valence-electron chi connectivity index (χ1n) is 7.51. The van der Waals surface area contributed by atoms with Crippen LogP contribution in [-0.2, 0) is 0 Å². The zero-order chi connectivity index (χ0) is 15.8. The number of aromatic hydroxyl groups is 1. The van der Waals surface area contributed by atoms with E-state index in [2.05, 4.69) is 15.3 Å². The monoisotopic (exact) mass is 313 g/mol. The first-order chi connectivity index (χ1) is 11.2. The van der Waals surface area contributed by atoms with E-state index in [1.807, 2.05) is 13.0 Å². The molecular weight excluding hydrogens is 298 g/mol. The third kappa shape index (κ3) is 2.65. The molecule has 0 atom stereocenters. The van der Waals surface area contributed by atoms with Gasteiger partial charge in [0.15, 0.2) is 11.5 Å². The van der Waals surface area contributed by atoms with Crippen molar-refractivity contribution in [1.82, 2.24) is 15.3 Å². The van der Waals surface area contributed by atoms with Crippen molar-refractivity contribution in [3.63, 3.8) is 0 Å². The van der Waals surface area contributed by atoms with Crippen LogP contribution in [0.1, 0.15) is 31.4 Å². The molecule has 0 aliphatic heterocycles. The van der Waals surface area contributed by atoms with Gasteiger partial charge in [-0.3, -0.25) is 0 Å². The van der Waals surface area contributed by atoms with Crippen LogP contribution in [0, 0.1) is 0 Å². The molecule has 1 aliphatic carbocycles. The first kappa shape index (κ1) is 13.8. The number of rotatable bonds is 5. The van der Waals surface area contributed by atoms with Crippen molar-refractivity contribution in [1.29, 1.82) is 0 Å². The van der Waals surface area contributed by atoms with E-state index < -0.39 is 0 Å². The second-order valence-corrected chi connectivity index (χ2v) is 5.43. The molecule has 0 saturated heterocycles. The number of ether oxygens (including phenoxy) is 1. The summed E-state index contributed by atoms with van der Waals surface area (Å²) in [6.07, 6.45) is 2.30. The van der Waals surface area contributed by atoms with Gasteiger partial charge in [-0.1, -0.05) is 10.3 Å². The normalized spacial score (nSPS) is 14.1. The van der Waals surface area contributed by atoms with Crippen molar-refractivity contribution in [2.45, 2.75) is 25.7 Å². The maximum Gasteiger partial charge on any atom is 0.296 e. The van der Waals surface area contributed by atoms with E-state index in [1.54, 1.807) is 12.1 Å². The zero-order valence-electron chi connectivity index (χ0n) is 12.5. The molecule has 0 amide bonds. The SMILES string of the molecule is CCOc1cc(-c2noc(-c3cc(C4CC4)no3)n2)ccc1O. The van der Waals surface area contributed by atoms with Crippen LogP contribution in [0.2, 0.25) is 0 Å². The molecule has 0 bridgehead atoms. The lowest BCUT2D eigenvalue weighted by Gasteiger charge is -2.06. The molecule has 2 aromatic heterocycles. The molecule has 118 valence electrons. The highest BCUT2D eigenvalue weighted by atomic mass is 16.5. The Bertz CT molecular complexity index is 835. The number of hydrogen-bond donors (Lipinski definition) is 1. The van der Waals surface area contributed by atoms with Crippen LogP contribution in [0.15, 0.2) is 33.3 Å². The molecule has 1 saturated carbocycles. The Morgan fingerprint density at radius 1 is 1.22 bits per heavy atom. The van der Waals surface area contributed by atoms with Gasteiger partial charge in [0.2, 0.25) is 11.6 Å². The van der Waals surface area contributed by atoms with Crippen molar-refractivity contribution in [2.24, 2.45) is 0 Å². The number of benzene rings is 1. The largest absolute Gasteiger partial charge is 0.504 e. The minimum atomic E-state index is 0.0728. The van der Waals surface area contributed by atoms with Gasteiger partial charge in [0.1, 0.15) is 0 Å². The Kier molecular flexibility index (Phi) is 3.25. The maximum atomic E-state index is 9.74. The average Bonchev–Trinajstić information content (AvgIpc) is 3.10. The van der Waals surface area contributed by atoms with E-state index in [0.717, 1.165) is 18.5 Å². The minimum absolute atomic E-state index is 0.0728. The van der Waals surface area contributed by atoms with E-state index in [1.165, 1.54) is 6.07 Å². The molecule has 2 heterocycles. The molecule has 1 aliphatic rings. The van der Waals surface area contributed by atoms with Crippen LogP contribution >= 0.6 is 0 Å². The molecule has 4 rings (SSSR count). The van der Waals surface area contributed by atoms with Gasteiger partial charge in [0.25, 0.3) is 5.89 Å². The van der Waals surface area contributed by atoms with Gasteiger partial charge >= 0.3 is 0 Å². The summed E-state index contributed by atoms with van der Waals surface area (Å²) in [5.41, 5.74) is 1.62. The third-order valence-electron chi connectivity index (χ3n) is 3.68. The molecule has 0 radical (unpaired) electrons. The fourth-order valence-corrected chi connectivity index (χ4v) is 2.33. The van der Waals surface area contributed by atoms with Gasteiger partial charge in [-0.25, -0.2) is 0 Å². The van der Waals surface area contributed by atoms with E-state index in [9.17, 15) is 5.11 Å². The Hall–Kier alpha value is -2.83. The van der Waals surface area contributed by atoms with E-state index in [-0.39, 0.29) is 11.6 Å². The lowest BCUT2D eigenvalue weighted by atomic mass is 10.2. The van der Waals surface area contributed by atoms with Gasteiger partial charge in [-0.05, 0) is 38.0 Å². The van der Waals surface area contributed by atoms with Crippen LogP contribution in [0.3, 0.4) is 0 Å². The molecule has 1 aromatic carbocycles. The Morgan fingerprint density at radius 2 is 2.09 bits per heavy atom. The summed E-state index contributed by atoms with van der Waals surface area (Å²) in [6.45, 7) is 2.30. The van der Waals surface area contributed by atoms with Gasteiger partial charge in [0.05, 0.1) is 12.3 Å². The van der Waals surface area contributed by atoms with Gasteiger partial charge < -0.3 is 18.9 Å². The smallest absolute Gasteiger partial charge is 0.296 e. The quantitative estimate of drug-likeness (QED) is 0.771. The lowest BCUT2D eigenvalue weighted by Crippen LogP contribution is -1.92. The number of phenols is 1. The van der Waals surface area contributed by atoms with Crippen LogP contribution in [0.5, 0.6) is 11.5 Å². The van der Waals surface area contributed by atoms with Crippen molar-refractivity contribution in [3.8, 4) is 34.5 Å². The fraction of sp³-hybridized carbons (Fsp3) is 0.312. The predicted molar refractivity (Wildman–Crippen MR) is 80.0 cm³/mol. The molecule has 23 heavy (non-hydrogen) atoms. The van der Waals surface area contributed by atoms with Crippen LogP contribution in [0.25, 0.3) is 23.0 Å². The fourth-order valence-electron chi connectivity index (χ4n) is 2.33. The Morgan fingerprint density at radius 3 is 2.87 bits per heavy atom. The Balaban J connectivity index is 1.63. The first-order valence-corrected chi connectivity index (χ1v) is 7.51. The maximum absolute atomic E-state index is 9.74. The molecule has 3 aromatic rings. The molecule has 1 fully saturated rings. The lowest BCUT2D eigenvalue weighted by molar-refractivity contribution is 0.318. The molecule has 7 nitrogen and oxygen atoms in total. The summed E-state index contributed by atoms with van der Waals surface area (Å²) >= 11 is 0.